The number of halogens is 1. The van der Waals surface area contributed by atoms with Crippen LogP contribution in [0.15, 0.2) is 24.3 Å². The minimum atomic E-state index is -0.308. The van der Waals surface area contributed by atoms with Gasteiger partial charge in [0.1, 0.15) is 0 Å². The van der Waals surface area contributed by atoms with Crippen molar-refractivity contribution in [1.82, 2.24) is 10.6 Å². The lowest BCUT2D eigenvalue weighted by molar-refractivity contribution is -0.132. The molecule has 2 atom stereocenters. The van der Waals surface area contributed by atoms with Gasteiger partial charge in [-0.2, -0.15) is 0 Å². The Morgan fingerprint density at radius 2 is 2.00 bits per heavy atom. The average molecular weight is 309 g/mol. The fourth-order valence-corrected chi connectivity index (χ4v) is 3.00. The van der Waals surface area contributed by atoms with E-state index >= 15 is 0 Å². The minimum Gasteiger partial charge on any atom is -0.349 e. The second kappa shape index (κ2) is 6.80. The van der Waals surface area contributed by atoms with E-state index in [9.17, 15) is 4.79 Å². The number of nitrogens with one attached hydrogen (secondary N) is 2. The Hall–Kier alpha value is -1.06. The zero-order valence-corrected chi connectivity index (χ0v) is 13.8. The molecule has 1 amide bonds. The molecule has 2 unspecified atom stereocenters. The fraction of sp³-hybridized carbons (Fsp3) is 0.588. The van der Waals surface area contributed by atoms with Gasteiger partial charge in [-0.15, -0.1) is 0 Å². The van der Waals surface area contributed by atoms with Crippen LogP contribution < -0.4 is 10.6 Å². The largest absolute Gasteiger partial charge is 0.349 e. The first-order valence-electron chi connectivity index (χ1n) is 7.69. The van der Waals surface area contributed by atoms with Crippen LogP contribution in [-0.4, -0.2) is 19.0 Å². The Kier molecular flexibility index (Phi) is 5.28. The van der Waals surface area contributed by atoms with Crippen LogP contribution in [0.4, 0.5) is 0 Å². The standard InChI is InChI=1S/C17H25ClN2O/c1-12(2)15(13-5-7-14(18)8-6-13)20-16(21)17(3)9-4-10-19-11-17/h5-8,12,15,19H,4,9-11H2,1-3H3,(H,20,21). The van der Waals surface area contributed by atoms with Crippen LogP contribution in [0.5, 0.6) is 0 Å². The normalized spacial score (nSPS) is 23.9. The number of hydrogen-bond acceptors (Lipinski definition) is 2. The highest BCUT2D eigenvalue weighted by molar-refractivity contribution is 6.30. The molecule has 4 heteroatoms. The number of rotatable bonds is 4. The van der Waals surface area contributed by atoms with Crippen LogP contribution in [0.3, 0.4) is 0 Å². The molecule has 0 aromatic heterocycles. The highest BCUT2D eigenvalue weighted by Gasteiger charge is 2.36. The molecule has 3 nitrogen and oxygen atoms in total. The molecule has 0 radical (unpaired) electrons. The van der Waals surface area contributed by atoms with E-state index in [4.69, 9.17) is 11.6 Å². The summed E-state index contributed by atoms with van der Waals surface area (Å²) in [5.74, 6) is 0.471. The van der Waals surface area contributed by atoms with E-state index in [0.29, 0.717) is 5.92 Å². The summed E-state index contributed by atoms with van der Waals surface area (Å²) in [5.41, 5.74) is 0.799. The third kappa shape index (κ3) is 3.98. The first-order valence-corrected chi connectivity index (χ1v) is 8.07. The maximum absolute atomic E-state index is 12.7. The van der Waals surface area contributed by atoms with Gasteiger partial charge in [0, 0.05) is 11.6 Å². The monoisotopic (exact) mass is 308 g/mol. The molecule has 116 valence electrons. The predicted molar refractivity (Wildman–Crippen MR) is 87.4 cm³/mol. The first kappa shape index (κ1) is 16.3. The van der Waals surface area contributed by atoms with Crippen molar-refractivity contribution in [2.75, 3.05) is 13.1 Å². The van der Waals surface area contributed by atoms with Crippen molar-refractivity contribution in [3.63, 3.8) is 0 Å². The molecule has 0 spiro atoms. The van der Waals surface area contributed by atoms with E-state index in [1.165, 1.54) is 0 Å². The predicted octanol–water partition coefficient (Wildman–Crippen LogP) is 3.54. The summed E-state index contributed by atoms with van der Waals surface area (Å²) in [4.78, 5) is 12.7. The summed E-state index contributed by atoms with van der Waals surface area (Å²) in [6.07, 6.45) is 1.99. The third-order valence-electron chi connectivity index (χ3n) is 4.33. The van der Waals surface area contributed by atoms with Gasteiger partial charge in [0.2, 0.25) is 5.91 Å². The van der Waals surface area contributed by atoms with E-state index in [0.717, 1.165) is 36.5 Å². The number of piperidine rings is 1. The van der Waals surface area contributed by atoms with Gasteiger partial charge < -0.3 is 10.6 Å². The van der Waals surface area contributed by atoms with Gasteiger partial charge >= 0.3 is 0 Å². The highest BCUT2D eigenvalue weighted by Crippen LogP contribution is 2.29. The maximum atomic E-state index is 12.7. The quantitative estimate of drug-likeness (QED) is 0.893. The Labute approximate surface area is 132 Å². The number of carbonyl (C=O) groups excluding carboxylic acids is 1. The van der Waals surface area contributed by atoms with Crippen LogP contribution in [-0.2, 0) is 4.79 Å². The number of hydrogen-bond donors (Lipinski definition) is 2. The van der Waals surface area contributed by atoms with Gasteiger partial charge in [-0.05, 0) is 49.9 Å². The number of benzene rings is 1. The van der Waals surface area contributed by atoms with Crippen molar-refractivity contribution in [1.29, 1.82) is 0 Å². The number of carbonyl (C=O) groups is 1. The van der Waals surface area contributed by atoms with Crippen LogP contribution in [0.25, 0.3) is 0 Å². The number of amides is 1. The van der Waals surface area contributed by atoms with Gasteiger partial charge in [0.25, 0.3) is 0 Å². The van der Waals surface area contributed by atoms with Crippen LogP contribution in [0.2, 0.25) is 5.02 Å². The summed E-state index contributed by atoms with van der Waals surface area (Å²) in [5, 5.41) is 7.29. The van der Waals surface area contributed by atoms with E-state index in [1.54, 1.807) is 0 Å². The molecule has 1 aliphatic rings. The van der Waals surface area contributed by atoms with Crippen molar-refractivity contribution in [3.8, 4) is 0 Å². The molecule has 1 fully saturated rings. The van der Waals surface area contributed by atoms with Gasteiger partial charge in [0.05, 0.1) is 11.5 Å². The van der Waals surface area contributed by atoms with E-state index < -0.39 is 0 Å². The molecule has 0 saturated carbocycles. The lowest BCUT2D eigenvalue weighted by Crippen LogP contribution is -2.50. The Morgan fingerprint density at radius 3 is 2.52 bits per heavy atom. The van der Waals surface area contributed by atoms with Gasteiger partial charge in [-0.1, -0.05) is 37.6 Å². The molecule has 1 saturated heterocycles. The second-order valence-electron chi connectivity index (χ2n) is 6.59. The smallest absolute Gasteiger partial charge is 0.227 e. The third-order valence-corrected chi connectivity index (χ3v) is 4.58. The van der Waals surface area contributed by atoms with Gasteiger partial charge in [0.15, 0.2) is 0 Å². The lowest BCUT2D eigenvalue weighted by Gasteiger charge is -2.35. The zero-order chi connectivity index (χ0) is 15.5. The fourth-order valence-electron chi connectivity index (χ4n) is 2.87. The van der Waals surface area contributed by atoms with E-state index in [2.05, 4.69) is 24.5 Å². The molecule has 1 heterocycles. The zero-order valence-electron chi connectivity index (χ0n) is 13.1. The average Bonchev–Trinajstić information content (AvgIpc) is 2.46. The van der Waals surface area contributed by atoms with Crippen molar-refractivity contribution < 1.29 is 4.79 Å². The van der Waals surface area contributed by atoms with Crippen molar-refractivity contribution in [3.05, 3.63) is 34.9 Å². The highest BCUT2D eigenvalue weighted by atomic mass is 35.5. The van der Waals surface area contributed by atoms with Crippen molar-refractivity contribution in [2.24, 2.45) is 11.3 Å². The molecular formula is C17H25ClN2O. The SMILES string of the molecule is CC(C)C(NC(=O)C1(C)CCCNC1)c1ccc(Cl)cc1. The Bertz CT molecular complexity index is 478. The Balaban J connectivity index is 2.12. The summed E-state index contributed by atoms with van der Waals surface area (Å²) in [6.45, 7) is 8.06. The molecule has 1 aromatic rings. The molecular weight excluding hydrogens is 284 g/mol. The van der Waals surface area contributed by atoms with E-state index in [-0.39, 0.29) is 17.4 Å². The topological polar surface area (TPSA) is 41.1 Å². The second-order valence-corrected chi connectivity index (χ2v) is 7.02. The molecule has 2 N–H and O–H groups in total. The molecule has 0 aliphatic carbocycles. The molecule has 2 rings (SSSR count). The molecule has 1 aromatic carbocycles. The summed E-state index contributed by atoms with van der Waals surface area (Å²) >= 11 is 5.95. The first-order chi connectivity index (χ1) is 9.92. The molecule has 21 heavy (non-hydrogen) atoms. The van der Waals surface area contributed by atoms with Crippen molar-refractivity contribution >= 4 is 17.5 Å². The lowest BCUT2D eigenvalue weighted by atomic mass is 9.81. The van der Waals surface area contributed by atoms with Crippen LogP contribution in [0.1, 0.15) is 45.2 Å². The van der Waals surface area contributed by atoms with Crippen molar-refractivity contribution in [2.45, 2.75) is 39.7 Å². The minimum absolute atomic E-state index is 0.0218. The summed E-state index contributed by atoms with van der Waals surface area (Å²) in [6, 6.07) is 7.77. The van der Waals surface area contributed by atoms with Crippen LogP contribution in [0, 0.1) is 11.3 Å². The van der Waals surface area contributed by atoms with E-state index in [1.807, 2.05) is 31.2 Å². The Morgan fingerprint density at radius 1 is 1.33 bits per heavy atom. The van der Waals surface area contributed by atoms with Gasteiger partial charge in [-0.25, -0.2) is 0 Å². The van der Waals surface area contributed by atoms with Crippen LogP contribution >= 0.6 is 11.6 Å². The molecule has 1 aliphatic heterocycles. The maximum Gasteiger partial charge on any atom is 0.227 e. The summed E-state index contributed by atoms with van der Waals surface area (Å²) < 4.78 is 0. The van der Waals surface area contributed by atoms with Gasteiger partial charge in [-0.3, -0.25) is 4.79 Å². The summed E-state index contributed by atoms with van der Waals surface area (Å²) in [7, 11) is 0. The molecule has 0 bridgehead atoms.